The molecule has 1 rings (SSSR count). The second-order valence-corrected chi connectivity index (χ2v) is 4.39. The van der Waals surface area contributed by atoms with Crippen LogP contribution in [0.25, 0.3) is 0 Å². The van der Waals surface area contributed by atoms with E-state index < -0.39 is 16.8 Å². The fourth-order valence-corrected chi connectivity index (χ4v) is 1.86. The van der Waals surface area contributed by atoms with Crippen LogP contribution >= 0.6 is 0 Å². The van der Waals surface area contributed by atoms with Gasteiger partial charge in [0, 0.05) is 27.1 Å². The molecule has 1 amide bonds. The van der Waals surface area contributed by atoms with Gasteiger partial charge in [0.25, 0.3) is 5.91 Å². The zero-order chi connectivity index (χ0) is 15.4. The van der Waals surface area contributed by atoms with E-state index in [1.54, 1.807) is 0 Å². The maximum atomic E-state index is 12.2. The summed E-state index contributed by atoms with van der Waals surface area (Å²) in [5, 5.41) is 23.4. The van der Waals surface area contributed by atoms with E-state index in [4.69, 9.17) is 5.11 Å². The van der Waals surface area contributed by atoms with Crippen molar-refractivity contribution in [1.29, 1.82) is 0 Å². The predicted octanol–water partition coefficient (Wildman–Crippen LogP) is 0.574. The SMILES string of the molecule is Cc1nn(C)c(C(=O)N(C)CCCC(=O)O)c1[N+](=O)[O-]. The molecule has 0 unspecified atom stereocenters. The standard InChI is InChI=1S/C11H16N4O5/c1-7-9(15(19)20)10(14(3)12-7)11(18)13(2)6-4-5-8(16)17/h4-6H2,1-3H3,(H,16,17). The van der Waals surface area contributed by atoms with E-state index in [2.05, 4.69) is 5.10 Å². The van der Waals surface area contributed by atoms with Crippen LogP contribution in [-0.2, 0) is 11.8 Å². The molecule has 1 aromatic heterocycles. The van der Waals surface area contributed by atoms with Crippen LogP contribution in [0, 0.1) is 17.0 Å². The minimum atomic E-state index is -0.951. The molecule has 0 aromatic carbocycles. The number of aliphatic carboxylic acids is 1. The van der Waals surface area contributed by atoms with Gasteiger partial charge in [0.05, 0.1) is 4.92 Å². The van der Waals surface area contributed by atoms with E-state index in [1.807, 2.05) is 0 Å². The maximum absolute atomic E-state index is 12.2. The Hall–Kier alpha value is -2.45. The van der Waals surface area contributed by atoms with Gasteiger partial charge in [-0.15, -0.1) is 0 Å². The Morgan fingerprint density at radius 3 is 2.60 bits per heavy atom. The van der Waals surface area contributed by atoms with Crippen molar-refractivity contribution < 1.29 is 19.6 Å². The number of hydrogen-bond acceptors (Lipinski definition) is 5. The average molecular weight is 284 g/mol. The van der Waals surface area contributed by atoms with Gasteiger partial charge in [-0.3, -0.25) is 24.4 Å². The Morgan fingerprint density at radius 1 is 1.50 bits per heavy atom. The highest BCUT2D eigenvalue weighted by molar-refractivity contribution is 5.96. The maximum Gasteiger partial charge on any atom is 0.322 e. The smallest absolute Gasteiger partial charge is 0.322 e. The number of carboxylic acids is 1. The summed E-state index contributed by atoms with van der Waals surface area (Å²) in [5.41, 5.74) is -0.257. The summed E-state index contributed by atoms with van der Waals surface area (Å²) < 4.78 is 1.17. The molecule has 0 aliphatic carbocycles. The topological polar surface area (TPSA) is 119 Å². The number of carboxylic acid groups (broad SMARTS) is 1. The van der Waals surface area contributed by atoms with E-state index in [9.17, 15) is 19.7 Å². The number of aryl methyl sites for hydroxylation is 2. The molecule has 1 aromatic rings. The first-order valence-electron chi connectivity index (χ1n) is 5.91. The van der Waals surface area contributed by atoms with Crippen LogP contribution in [0.2, 0.25) is 0 Å². The molecule has 0 saturated carbocycles. The average Bonchev–Trinajstić information content (AvgIpc) is 2.62. The van der Waals surface area contributed by atoms with Gasteiger partial charge in [-0.2, -0.15) is 5.10 Å². The monoisotopic (exact) mass is 284 g/mol. The highest BCUT2D eigenvalue weighted by Crippen LogP contribution is 2.23. The summed E-state index contributed by atoms with van der Waals surface area (Å²) in [6, 6.07) is 0. The van der Waals surface area contributed by atoms with Crippen LogP contribution in [0.1, 0.15) is 29.0 Å². The lowest BCUT2D eigenvalue weighted by molar-refractivity contribution is -0.385. The molecular weight excluding hydrogens is 268 g/mol. The van der Waals surface area contributed by atoms with Gasteiger partial charge < -0.3 is 10.0 Å². The number of nitro groups is 1. The van der Waals surface area contributed by atoms with E-state index in [0.717, 1.165) is 0 Å². The second-order valence-electron chi connectivity index (χ2n) is 4.39. The van der Waals surface area contributed by atoms with Crippen molar-refractivity contribution >= 4 is 17.6 Å². The number of rotatable bonds is 6. The van der Waals surface area contributed by atoms with Crippen LogP contribution < -0.4 is 0 Å². The Bertz CT molecular complexity index is 551. The molecule has 0 bridgehead atoms. The third-order valence-corrected chi connectivity index (χ3v) is 2.81. The summed E-state index contributed by atoms with van der Waals surface area (Å²) >= 11 is 0. The Balaban J connectivity index is 2.92. The highest BCUT2D eigenvalue weighted by atomic mass is 16.6. The highest BCUT2D eigenvalue weighted by Gasteiger charge is 2.30. The van der Waals surface area contributed by atoms with E-state index in [-0.39, 0.29) is 36.5 Å². The molecular formula is C11H16N4O5. The zero-order valence-corrected chi connectivity index (χ0v) is 11.5. The number of nitrogens with zero attached hydrogens (tertiary/aromatic N) is 4. The number of carbonyl (C=O) groups is 2. The van der Waals surface area contributed by atoms with Crippen LogP contribution in [0.5, 0.6) is 0 Å². The first kappa shape index (κ1) is 15.6. The van der Waals surface area contributed by atoms with Crippen LogP contribution in [0.4, 0.5) is 5.69 Å². The molecule has 0 saturated heterocycles. The number of aromatic nitrogens is 2. The van der Waals surface area contributed by atoms with Crippen LogP contribution in [0.15, 0.2) is 0 Å². The molecule has 0 atom stereocenters. The number of hydrogen-bond donors (Lipinski definition) is 1. The van der Waals surface area contributed by atoms with Crippen LogP contribution in [0.3, 0.4) is 0 Å². The summed E-state index contributed by atoms with van der Waals surface area (Å²) in [7, 11) is 2.93. The van der Waals surface area contributed by atoms with Crippen LogP contribution in [-0.4, -0.2) is 50.2 Å². The fourth-order valence-electron chi connectivity index (χ4n) is 1.86. The van der Waals surface area contributed by atoms with Crippen molar-refractivity contribution in [3.8, 4) is 0 Å². The molecule has 9 heteroatoms. The van der Waals surface area contributed by atoms with Gasteiger partial charge in [-0.05, 0) is 13.3 Å². The molecule has 0 aliphatic heterocycles. The lowest BCUT2D eigenvalue weighted by Gasteiger charge is -2.16. The Labute approximate surface area is 114 Å². The minimum absolute atomic E-state index is 0.0653. The van der Waals surface area contributed by atoms with E-state index in [0.29, 0.717) is 0 Å². The molecule has 110 valence electrons. The molecule has 1 N–H and O–H groups in total. The quantitative estimate of drug-likeness (QED) is 0.602. The van der Waals surface area contributed by atoms with Gasteiger partial charge in [0.1, 0.15) is 5.69 Å². The Kier molecular flexibility index (Phi) is 4.78. The van der Waals surface area contributed by atoms with Crippen molar-refractivity contribution in [1.82, 2.24) is 14.7 Å². The van der Waals surface area contributed by atoms with Gasteiger partial charge in [-0.25, -0.2) is 0 Å². The second kappa shape index (κ2) is 6.13. The van der Waals surface area contributed by atoms with Crippen molar-refractivity contribution in [3.63, 3.8) is 0 Å². The Morgan fingerprint density at radius 2 is 2.10 bits per heavy atom. The van der Waals surface area contributed by atoms with Crippen molar-refractivity contribution in [3.05, 3.63) is 21.5 Å². The largest absolute Gasteiger partial charge is 0.481 e. The fraction of sp³-hybridized carbons (Fsp3) is 0.545. The number of carbonyl (C=O) groups excluding carboxylic acids is 1. The van der Waals surface area contributed by atoms with Gasteiger partial charge >= 0.3 is 11.7 Å². The van der Waals surface area contributed by atoms with Gasteiger partial charge in [0.2, 0.25) is 5.69 Å². The first-order valence-corrected chi connectivity index (χ1v) is 5.91. The first-order chi connectivity index (χ1) is 9.25. The normalized spacial score (nSPS) is 10.3. The summed E-state index contributed by atoms with van der Waals surface area (Å²) in [5.74, 6) is -1.50. The van der Waals surface area contributed by atoms with Crippen molar-refractivity contribution in [2.24, 2.45) is 7.05 Å². The lowest BCUT2D eigenvalue weighted by Crippen LogP contribution is -2.30. The molecule has 0 fully saturated rings. The zero-order valence-electron chi connectivity index (χ0n) is 11.5. The third kappa shape index (κ3) is 3.31. The van der Waals surface area contributed by atoms with Crippen molar-refractivity contribution in [2.75, 3.05) is 13.6 Å². The molecule has 9 nitrogen and oxygen atoms in total. The summed E-state index contributed by atoms with van der Waals surface area (Å²) in [6.45, 7) is 1.66. The molecule has 0 aliphatic rings. The molecule has 20 heavy (non-hydrogen) atoms. The number of amides is 1. The third-order valence-electron chi connectivity index (χ3n) is 2.81. The lowest BCUT2D eigenvalue weighted by atomic mass is 10.2. The molecule has 0 spiro atoms. The summed E-state index contributed by atoms with van der Waals surface area (Å²) in [4.78, 5) is 34.2. The van der Waals surface area contributed by atoms with E-state index in [1.165, 1.54) is 30.6 Å². The summed E-state index contributed by atoms with van der Waals surface area (Å²) in [6.07, 6.45) is 0.215. The van der Waals surface area contributed by atoms with Crippen molar-refractivity contribution in [2.45, 2.75) is 19.8 Å². The molecule has 0 radical (unpaired) electrons. The minimum Gasteiger partial charge on any atom is -0.481 e. The molecule has 1 heterocycles. The van der Waals surface area contributed by atoms with Gasteiger partial charge in [0.15, 0.2) is 0 Å². The predicted molar refractivity (Wildman–Crippen MR) is 68.4 cm³/mol. The van der Waals surface area contributed by atoms with E-state index >= 15 is 0 Å². The van der Waals surface area contributed by atoms with Gasteiger partial charge in [-0.1, -0.05) is 0 Å².